The van der Waals surface area contributed by atoms with Gasteiger partial charge in [0.2, 0.25) is 0 Å². The Labute approximate surface area is 183 Å². The summed E-state index contributed by atoms with van der Waals surface area (Å²) in [5.74, 6) is -0.0100. The summed E-state index contributed by atoms with van der Waals surface area (Å²) in [6, 6.07) is 15.0. The summed E-state index contributed by atoms with van der Waals surface area (Å²) in [5.41, 5.74) is -0.225. The number of methoxy groups -OCH3 is 1. The first kappa shape index (κ1) is 21.4. The van der Waals surface area contributed by atoms with E-state index in [1.54, 1.807) is 31.4 Å². The molecule has 0 spiro atoms. The minimum Gasteiger partial charge on any atom is -0.497 e. The number of nitrogens with one attached hydrogen (secondary N) is 1. The molecular formula is C22H14F3N3O3S. The lowest BCUT2D eigenvalue weighted by Crippen LogP contribution is -2.14. The number of benzene rings is 3. The Kier molecular flexibility index (Phi) is 5.62. The van der Waals surface area contributed by atoms with Crippen molar-refractivity contribution in [3.8, 4) is 16.3 Å². The van der Waals surface area contributed by atoms with Gasteiger partial charge >= 0.3 is 6.18 Å². The molecule has 32 heavy (non-hydrogen) atoms. The van der Waals surface area contributed by atoms with E-state index < -0.39 is 23.3 Å². The molecule has 6 nitrogen and oxygen atoms in total. The minimum atomic E-state index is -4.80. The van der Waals surface area contributed by atoms with Crippen molar-refractivity contribution >= 4 is 38.8 Å². The van der Waals surface area contributed by atoms with Crippen LogP contribution < -0.4 is 10.1 Å². The van der Waals surface area contributed by atoms with Crippen LogP contribution in [-0.2, 0) is 6.18 Å². The quantitative estimate of drug-likeness (QED) is 0.341. The molecule has 0 aliphatic carbocycles. The number of nitrogens with zero attached hydrogens (tertiary/aromatic N) is 2. The second kappa shape index (κ2) is 8.39. The van der Waals surface area contributed by atoms with Gasteiger partial charge in [0.15, 0.2) is 0 Å². The van der Waals surface area contributed by atoms with Crippen molar-refractivity contribution in [2.75, 3.05) is 12.4 Å². The van der Waals surface area contributed by atoms with Crippen LogP contribution in [0.5, 0.6) is 5.75 Å². The van der Waals surface area contributed by atoms with E-state index in [0.717, 1.165) is 38.7 Å². The molecule has 162 valence electrons. The second-order valence-electron chi connectivity index (χ2n) is 6.71. The van der Waals surface area contributed by atoms with Gasteiger partial charge in [-0.25, -0.2) is 4.98 Å². The third-order valence-electron chi connectivity index (χ3n) is 4.65. The van der Waals surface area contributed by atoms with Crippen molar-refractivity contribution in [3.63, 3.8) is 0 Å². The van der Waals surface area contributed by atoms with Crippen molar-refractivity contribution in [1.82, 2.24) is 4.98 Å². The molecule has 1 aromatic heterocycles. The number of carbonyl (C=O) groups excluding carboxylic acids is 1. The van der Waals surface area contributed by atoms with E-state index >= 15 is 0 Å². The van der Waals surface area contributed by atoms with Gasteiger partial charge in [-0.15, -0.1) is 16.2 Å². The molecule has 4 rings (SSSR count). The monoisotopic (exact) mass is 457 g/mol. The van der Waals surface area contributed by atoms with Crippen LogP contribution in [-0.4, -0.2) is 18.0 Å². The maximum absolute atomic E-state index is 13.1. The van der Waals surface area contributed by atoms with Gasteiger partial charge in [-0.2, -0.15) is 13.2 Å². The van der Waals surface area contributed by atoms with Crippen molar-refractivity contribution in [1.29, 1.82) is 0 Å². The average molecular weight is 457 g/mol. The summed E-state index contributed by atoms with van der Waals surface area (Å²) < 4.78 is 45.4. The Morgan fingerprint density at radius 2 is 1.81 bits per heavy atom. The number of carbonyl (C=O) groups is 1. The van der Waals surface area contributed by atoms with Crippen LogP contribution in [0.25, 0.3) is 20.8 Å². The number of hydrogen-bond acceptors (Lipinski definition) is 6. The van der Waals surface area contributed by atoms with Crippen LogP contribution in [0, 0.1) is 4.91 Å². The molecule has 4 aromatic rings. The van der Waals surface area contributed by atoms with Crippen LogP contribution >= 0.6 is 11.3 Å². The molecular weight excluding hydrogens is 443 g/mol. The number of alkyl halides is 3. The first-order valence-electron chi connectivity index (χ1n) is 9.19. The van der Waals surface area contributed by atoms with Gasteiger partial charge in [-0.05, 0) is 65.8 Å². The molecule has 0 radical (unpaired) electrons. The zero-order valence-electron chi connectivity index (χ0n) is 16.4. The normalized spacial score (nSPS) is 11.4. The zero-order valence-corrected chi connectivity index (χ0v) is 17.3. The van der Waals surface area contributed by atoms with E-state index in [4.69, 9.17) is 4.74 Å². The number of thiazole rings is 1. The lowest BCUT2D eigenvalue weighted by Gasteiger charge is -2.11. The maximum atomic E-state index is 13.1. The lowest BCUT2D eigenvalue weighted by molar-refractivity contribution is -0.137. The molecule has 0 aliphatic rings. The van der Waals surface area contributed by atoms with Gasteiger partial charge in [0, 0.05) is 16.8 Å². The number of anilines is 1. The highest BCUT2D eigenvalue weighted by Crippen LogP contribution is 2.37. The Morgan fingerprint density at radius 1 is 1.06 bits per heavy atom. The number of fused-ring (bicyclic) bond motifs is 1. The summed E-state index contributed by atoms with van der Waals surface area (Å²) in [5, 5.41) is 5.69. The summed E-state index contributed by atoms with van der Waals surface area (Å²) in [4.78, 5) is 27.6. The fraction of sp³-hybridized carbons (Fsp3) is 0.0909. The number of amides is 1. The standard InChI is InChI=1S/C22H14F3N3O3S/c1-31-15-7-9-18-19(11-15)32-21(27-18)12-2-5-14(6-3-12)26-20(29)13-4-8-17(28-30)16(10-13)22(23,24)25/h2-11H,1H3,(H,26,29). The van der Waals surface area contributed by atoms with E-state index in [1.807, 2.05) is 18.2 Å². The molecule has 1 N–H and O–H groups in total. The highest BCUT2D eigenvalue weighted by molar-refractivity contribution is 7.21. The van der Waals surface area contributed by atoms with E-state index in [2.05, 4.69) is 15.5 Å². The van der Waals surface area contributed by atoms with E-state index in [0.29, 0.717) is 11.8 Å². The summed E-state index contributed by atoms with van der Waals surface area (Å²) >= 11 is 1.48. The molecule has 1 heterocycles. The van der Waals surface area contributed by atoms with Gasteiger partial charge < -0.3 is 10.1 Å². The van der Waals surface area contributed by atoms with E-state index in [1.165, 1.54) is 11.3 Å². The van der Waals surface area contributed by atoms with E-state index in [-0.39, 0.29) is 5.56 Å². The highest BCUT2D eigenvalue weighted by Gasteiger charge is 2.34. The minimum absolute atomic E-state index is 0.242. The van der Waals surface area contributed by atoms with Crippen molar-refractivity contribution in [2.24, 2.45) is 5.18 Å². The molecule has 0 saturated heterocycles. The second-order valence-corrected chi connectivity index (χ2v) is 7.74. The molecule has 1 amide bonds. The first-order valence-corrected chi connectivity index (χ1v) is 10.0. The number of aromatic nitrogens is 1. The number of halogens is 3. The van der Waals surface area contributed by atoms with Crippen LogP contribution in [0.3, 0.4) is 0 Å². The van der Waals surface area contributed by atoms with Gasteiger partial charge in [-0.3, -0.25) is 4.79 Å². The molecule has 10 heteroatoms. The number of rotatable bonds is 5. The molecule has 3 aromatic carbocycles. The molecule has 0 saturated carbocycles. The predicted molar refractivity (Wildman–Crippen MR) is 116 cm³/mol. The van der Waals surface area contributed by atoms with Crippen LogP contribution in [0.15, 0.2) is 65.8 Å². The number of ether oxygens (including phenoxy) is 1. The predicted octanol–water partition coefficient (Wildman–Crippen LogP) is 6.64. The van der Waals surface area contributed by atoms with Gasteiger partial charge in [0.05, 0.1) is 22.9 Å². The molecule has 0 atom stereocenters. The smallest absolute Gasteiger partial charge is 0.418 e. The Bertz CT molecular complexity index is 1320. The van der Waals surface area contributed by atoms with E-state index in [9.17, 15) is 22.9 Å². The van der Waals surface area contributed by atoms with Crippen molar-refractivity contribution in [2.45, 2.75) is 6.18 Å². The average Bonchev–Trinajstić information content (AvgIpc) is 3.21. The van der Waals surface area contributed by atoms with Crippen LogP contribution in [0.1, 0.15) is 15.9 Å². The van der Waals surface area contributed by atoms with Crippen molar-refractivity contribution in [3.05, 3.63) is 76.7 Å². The highest BCUT2D eigenvalue weighted by atomic mass is 32.1. The Morgan fingerprint density at radius 3 is 2.47 bits per heavy atom. The number of hydrogen-bond donors (Lipinski definition) is 1. The maximum Gasteiger partial charge on any atom is 0.418 e. The van der Waals surface area contributed by atoms with Gasteiger partial charge in [0.25, 0.3) is 5.91 Å². The summed E-state index contributed by atoms with van der Waals surface area (Å²) in [6.45, 7) is 0. The molecule has 0 aliphatic heterocycles. The molecule has 0 fully saturated rings. The zero-order chi connectivity index (χ0) is 22.9. The SMILES string of the molecule is COc1ccc2nc(-c3ccc(NC(=O)c4ccc(N=O)c(C(F)(F)F)c4)cc3)sc2c1. The van der Waals surface area contributed by atoms with Gasteiger partial charge in [0.1, 0.15) is 16.4 Å². The fourth-order valence-corrected chi connectivity index (χ4v) is 4.04. The molecule has 0 bridgehead atoms. The first-order chi connectivity index (χ1) is 15.3. The van der Waals surface area contributed by atoms with Crippen LogP contribution in [0.4, 0.5) is 24.5 Å². The van der Waals surface area contributed by atoms with Gasteiger partial charge in [-0.1, -0.05) is 0 Å². The fourth-order valence-electron chi connectivity index (χ4n) is 3.04. The Hall–Kier alpha value is -3.79. The lowest BCUT2D eigenvalue weighted by atomic mass is 10.1. The largest absolute Gasteiger partial charge is 0.497 e. The summed E-state index contributed by atoms with van der Waals surface area (Å²) in [7, 11) is 1.59. The third kappa shape index (κ3) is 4.30. The van der Waals surface area contributed by atoms with Crippen LogP contribution in [0.2, 0.25) is 0 Å². The Balaban J connectivity index is 1.54. The number of nitroso groups, excluding NO2 is 1. The third-order valence-corrected chi connectivity index (χ3v) is 5.72. The molecule has 0 unspecified atom stereocenters. The van der Waals surface area contributed by atoms with Crippen molar-refractivity contribution < 1.29 is 22.7 Å². The topological polar surface area (TPSA) is 80.7 Å². The summed E-state index contributed by atoms with van der Waals surface area (Å²) in [6.07, 6.45) is -4.80.